The van der Waals surface area contributed by atoms with Gasteiger partial charge in [0.05, 0.1) is 11.0 Å². The van der Waals surface area contributed by atoms with Crippen molar-refractivity contribution in [3.05, 3.63) is 56.9 Å². The molecule has 0 saturated carbocycles. The van der Waals surface area contributed by atoms with Gasteiger partial charge in [0.25, 0.3) is 11.6 Å². The van der Waals surface area contributed by atoms with Gasteiger partial charge in [0.1, 0.15) is 5.75 Å². The Bertz CT molecular complexity index is 607. The lowest BCUT2D eigenvalue weighted by molar-refractivity contribution is -0.384. The smallest absolute Gasteiger partial charge is 0.273 e. The van der Waals surface area contributed by atoms with E-state index in [1.165, 1.54) is 36.5 Å². The van der Waals surface area contributed by atoms with Gasteiger partial charge in [-0.1, -0.05) is 6.07 Å². The van der Waals surface area contributed by atoms with Crippen molar-refractivity contribution in [3.8, 4) is 11.6 Å². The summed E-state index contributed by atoms with van der Waals surface area (Å²) >= 11 is 3.07. The fourth-order valence-corrected chi connectivity index (χ4v) is 1.55. The SMILES string of the molecule is O=[N+]([O-])c1cccc(Oc2ncc(Br)cc2F)c1. The summed E-state index contributed by atoms with van der Waals surface area (Å²) in [5.74, 6) is -0.743. The molecule has 0 aliphatic heterocycles. The lowest BCUT2D eigenvalue weighted by Gasteiger charge is -2.05. The first-order chi connectivity index (χ1) is 8.56. The summed E-state index contributed by atoms with van der Waals surface area (Å²) in [4.78, 5) is 13.7. The Hall–Kier alpha value is -2.02. The largest absolute Gasteiger partial charge is 0.436 e. The van der Waals surface area contributed by atoms with Gasteiger partial charge in [0.15, 0.2) is 5.82 Å². The monoisotopic (exact) mass is 312 g/mol. The molecule has 5 nitrogen and oxygen atoms in total. The average molecular weight is 313 g/mol. The predicted octanol–water partition coefficient (Wildman–Crippen LogP) is 3.68. The van der Waals surface area contributed by atoms with Gasteiger partial charge in [-0.3, -0.25) is 10.1 Å². The number of nitrogens with zero attached hydrogens (tertiary/aromatic N) is 2. The fourth-order valence-electron chi connectivity index (χ4n) is 1.25. The molecular weight excluding hydrogens is 307 g/mol. The van der Waals surface area contributed by atoms with Crippen LogP contribution < -0.4 is 4.74 Å². The lowest BCUT2D eigenvalue weighted by Crippen LogP contribution is -1.93. The second kappa shape index (κ2) is 5.09. The number of ether oxygens (including phenoxy) is 1. The van der Waals surface area contributed by atoms with Crippen molar-refractivity contribution in [2.45, 2.75) is 0 Å². The molecule has 0 aliphatic carbocycles. The predicted molar refractivity (Wildman–Crippen MR) is 65.1 cm³/mol. The zero-order valence-electron chi connectivity index (χ0n) is 8.84. The number of halogens is 2. The minimum atomic E-state index is -0.657. The third kappa shape index (κ3) is 2.80. The molecule has 0 N–H and O–H groups in total. The first-order valence-electron chi connectivity index (χ1n) is 4.79. The summed E-state index contributed by atoms with van der Waals surface area (Å²) in [5.41, 5.74) is -0.134. The third-order valence-electron chi connectivity index (χ3n) is 2.02. The normalized spacial score (nSPS) is 10.1. The number of nitro benzene ring substituents is 1. The van der Waals surface area contributed by atoms with Crippen molar-refractivity contribution in [3.63, 3.8) is 0 Å². The van der Waals surface area contributed by atoms with Crippen LogP contribution in [-0.4, -0.2) is 9.91 Å². The molecule has 0 aliphatic rings. The topological polar surface area (TPSA) is 65.3 Å². The summed E-state index contributed by atoms with van der Waals surface area (Å²) < 4.78 is 19.1. The van der Waals surface area contributed by atoms with E-state index >= 15 is 0 Å². The molecule has 0 fully saturated rings. The van der Waals surface area contributed by atoms with Crippen LogP contribution in [0.15, 0.2) is 41.0 Å². The fraction of sp³-hybridized carbons (Fsp3) is 0. The summed E-state index contributed by atoms with van der Waals surface area (Å²) in [5, 5.41) is 10.6. The second-order valence-corrected chi connectivity index (χ2v) is 4.21. The highest BCUT2D eigenvalue weighted by Crippen LogP contribution is 2.26. The zero-order valence-corrected chi connectivity index (χ0v) is 10.4. The van der Waals surface area contributed by atoms with Gasteiger partial charge in [-0.15, -0.1) is 0 Å². The molecule has 2 aromatic rings. The van der Waals surface area contributed by atoms with Crippen molar-refractivity contribution >= 4 is 21.6 Å². The van der Waals surface area contributed by atoms with E-state index in [1.54, 1.807) is 0 Å². The highest BCUT2D eigenvalue weighted by atomic mass is 79.9. The van der Waals surface area contributed by atoms with E-state index in [0.717, 1.165) is 0 Å². The maximum atomic E-state index is 13.4. The number of hydrogen-bond acceptors (Lipinski definition) is 4. The quantitative estimate of drug-likeness (QED) is 0.640. The number of nitro groups is 1. The second-order valence-electron chi connectivity index (χ2n) is 3.30. The highest BCUT2D eigenvalue weighted by molar-refractivity contribution is 9.10. The maximum absolute atomic E-state index is 13.4. The van der Waals surface area contributed by atoms with Crippen LogP contribution in [0.1, 0.15) is 0 Å². The molecule has 92 valence electrons. The van der Waals surface area contributed by atoms with E-state index in [9.17, 15) is 14.5 Å². The van der Waals surface area contributed by atoms with Crippen LogP contribution in [0.5, 0.6) is 11.6 Å². The maximum Gasteiger partial charge on any atom is 0.273 e. The van der Waals surface area contributed by atoms with Crippen molar-refractivity contribution in [2.75, 3.05) is 0 Å². The molecule has 1 heterocycles. The van der Waals surface area contributed by atoms with Gasteiger partial charge in [-0.05, 0) is 28.1 Å². The Balaban J connectivity index is 2.28. The van der Waals surface area contributed by atoms with Crippen molar-refractivity contribution in [2.24, 2.45) is 0 Å². The van der Waals surface area contributed by atoms with Crippen LogP contribution >= 0.6 is 15.9 Å². The Morgan fingerprint density at radius 3 is 2.83 bits per heavy atom. The van der Waals surface area contributed by atoms with Crippen LogP contribution in [0.4, 0.5) is 10.1 Å². The van der Waals surface area contributed by atoms with Crippen molar-refractivity contribution in [1.82, 2.24) is 4.98 Å². The number of hydrogen-bond donors (Lipinski definition) is 0. The Kier molecular flexibility index (Phi) is 3.52. The van der Waals surface area contributed by atoms with E-state index in [2.05, 4.69) is 20.9 Å². The first-order valence-corrected chi connectivity index (χ1v) is 5.59. The van der Waals surface area contributed by atoms with E-state index in [-0.39, 0.29) is 17.3 Å². The number of pyridine rings is 1. The first kappa shape index (κ1) is 12.4. The van der Waals surface area contributed by atoms with Gasteiger partial charge < -0.3 is 4.74 Å². The number of non-ortho nitro benzene ring substituents is 1. The number of benzene rings is 1. The summed E-state index contributed by atoms with van der Waals surface area (Å²) in [6, 6.07) is 6.64. The van der Waals surface area contributed by atoms with Crippen LogP contribution in [0, 0.1) is 15.9 Å². The number of aromatic nitrogens is 1. The molecule has 0 bridgehead atoms. The molecule has 0 unspecified atom stereocenters. The van der Waals surface area contributed by atoms with Gasteiger partial charge in [-0.25, -0.2) is 9.37 Å². The van der Waals surface area contributed by atoms with Crippen LogP contribution in [-0.2, 0) is 0 Å². The molecule has 0 radical (unpaired) electrons. The Morgan fingerprint density at radius 2 is 2.17 bits per heavy atom. The Morgan fingerprint density at radius 1 is 1.39 bits per heavy atom. The molecule has 2 rings (SSSR count). The third-order valence-corrected chi connectivity index (χ3v) is 2.45. The van der Waals surface area contributed by atoms with E-state index in [0.29, 0.717) is 4.47 Å². The minimum absolute atomic E-state index is 0.134. The molecule has 0 amide bonds. The summed E-state index contributed by atoms with van der Waals surface area (Å²) in [7, 11) is 0. The average Bonchev–Trinajstić information content (AvgIpc) is 2.33. The van der Waals surface area contributed by atoms with Gasteiger partial charge >= 0.3 is 0 Å². The van der Waals surface area contributed by atoms with Crippen molar-refractivity contribution < 1.29 is 14.1 Å². The summed E-state index contributed by atoms with van der Waals surface area (Å²) in [6.07, 6.45) is 1.37. The zero-order chi connectivity index (χ0) is 13.1. The summed E-state index contributed by atoms with van der Waals surface area (Å²) in [6.45, 7) is 0. The van der Waals surface area contributed by atoms with Gasteiger partial charge in [0, 0.05) is 16.7 Å². The van der Waals surface area contributed by atoms with Crippen LogP contribution in [0.3, 0.4) is 0 Å². The molecule has 1 aromatic heterocycles. The van der Waals surface area contributed by atoms with Gasteiger partial charge in [0.2, 0.25) is 0 Å². The molecule has 18 heavy (non-hydrogen) atoms. The van der Waals surface area contributed by atoms with Crippen LogP contribution in [0.25, 0.3) is 0 Å². The molecule has 1 aromatic carbocycles. The molecule has 0 spiro atoms. The lowest BCUT2D eigenvalue weighted by atomic mass is 10.3. The van der Waals surface area contributed by atoms with Gasteiger partial charge in [-0.2, -0.15) is 0 Å². The molecule has 7 heteroatoms. The molecule has 0 saturated heterocycles. The van der Waals surface area contributed by atoms with Crippen molar-refractivity contribution in [1.29, 1.82) is 0 Å². The standard InChI is InChI=1S/C11H6BrFN2O3/c12-7-4-10(13)11(14-6-7)18-9-3-1-2-8(5-9)15(16)17/h1-6H. The minimum Gasteiger partial charge on any atom is -0.436 e. The molecular formula is C11H6BrFN2O3. The van der Waals surface area contributed by atoms with E-state index in [1.807, 2.05) is 0 Å². The van der Waals surface area contributed by atoms with E-state index < -0.39 is 10.7 Å². The van der Waals surface area contributed by atoms with E-state index in [4.69, 9.17) is 4.74 Å². The molecule has 0 atom stereocenters. The highest BCUT2D eigenvalue weighted by Gasteiger charge is 2.10. The Labute approximate surface area is 110 Å². The van der Waals surface area contributed by atoms with Crippen LogP contribution in [0.2, 0.25) is 0 Å². The number of rotatable bonds is 3.